The Kier molecular flexibility index (Phi) is 4.15. The van der Waals surface area contributed by atoms with Crippen LogP contribution in [0.1, 0.15) is 24.2 Å². The van der Waals surface area contributed by atoms with Crippen LogP contribution in [0.4, 0.5) is 0 Å². The largest absolute Gasteiger partial charge is 0.305 e. The van der Waals surface area contributed by atoms with Gasteiger partial charge in [0.1, 0.15) is 5.65 Å². The van der Waals surface area contributed by atoms with Crippen molar-refractivity contribution in [1.29, 1.82) is 0 Å². The molecule has 0 fully saturated rings. The lowest BCUT2D eigenvalue weighted by molar-refractivity contribution is 0.569. The molecule has 0 aliphatic carbocycles. The molecule has 5 heteroatoms. The fraction of sp³-hybridized carbons (Fsp3) is 0.188. The number of nitrogens with one attached hydrogen (secondary N) is 1. The van der Waals surface area contributed by atoms with Crippen molar-refractivity contribution in [1.82, 2.24) is 14.7 Å². The molecule has 1 N–H and O–H groups in total. The Balaban J connectivity index is 1.73. The van der Waals surface area contributed by atoms with Crippen LogP contribution < -0.4 is 5.32 Å². The second-order valence-electron chi connectivity index (χ2n) is 4.97. The van der Waals surface area contributed by atoms with Gasteiger partial charge in [0.2, 0.25) is 0 Å². The number of nitrogens with zero attached hydrogens (tertiary/aromatic N) is 2. The minimum atomic E-state index is 0.159. The van der Waals surface area contributed by atoms with Crippen molar-refractivity contribution in [3.63, 3.8) is 0 Å². The molecule has 108 valence electrons. The average Bonchev–Trinajstić information content (AvgIpc) is 2.87. The smallest absolute Gasteiger partial charge is 0.137 e. The molecule has 0 bridgehead atoms. The molecule has 3 rings (SSSR count). The van der Waals surface area contributed by atoms with Crippen LogP contribution >= 0.6 is 23.2 Å². The molecule has 0 saturated heterocycles. The number of aromatic nitrogens is 2. The van der Waals surface area contributed by atoms with Crippen LogP contribution in [-0.4, -0.2) is 9.38 Å². The van der Waals surface area contributed by atoms with Gasteiger partial charge in [-0.1, -0.05) is 41.4 Å². The van der Waals surface area contributed by atoms with E-state index in [1.165, 1.54) is 0 Å². The number of benzene rings is 1. The van der Waals surface area contributed by atoms with Gasteiger partial charge in [-0.3, -0.25) is 0 Å². The second-order valence-corrected chi connectivity index (χ2v) is 5.81. The summed E-state index contributed by atoms with van der Waals surface area (Å²) in [6.07, 6.45) is 3.83. The van der Waals surface area contributed by atoms with Crippen LogP contribution in [0.25, 0.3) is 5.65 Å². The molecule has 21 heavy (non-hydrogen) atoms. The van der Waals surface area contributed by atoms with Gasteiger partial charge in [-0.05, 0) is 30.7 Å². The van der Waals surface area contributed by atoms with Crippen LogP contribution in [0.5, 0.6) is 0 Å². The summed E-state index contributed by atoms with van der Waals surface area (Å²) in [4.78, 5) is 4.55. The van der Waals surface area contributed by atoms with Crippen molar-refractivity contribution >= 4 is 28.8 Å². The molecular formula is C16H15Cl2N3. The molecule has 3 aromatic rings. The van der Waals surface area contributed by atoms with E-state index in [1.807, 2.05) is 53.2 Å². The van der Waals surface area contributed by atoms with Gasteiger partial charge in [0.25, 0.3) is 0 Å². The summed E-state index contributed by atoms with van der Waals surface area (Å²) in [7, 11) is 0. The molecular weight excluding hydrogens is 305 g/mol. The Morgan fingerprint density at radius 3 is 2.76 bits per heavy atom. The van der Waals surface area contributed by atoms with Crippen molar-refractivity contribution < 1.29 is 0 Å². The summed E-state index contributed by atoms with van der Waals surface area (Å²) in [6, 6.07) is 11.8. The average molecular weight is 320 g/mol. The number of hydrogen-bond donors (Lipinski definition) is 1. The number of hydrogen-bond acceptors (Lipinski definition) is 2. The van der Waals surface area contributed by atoms with Gasteiger partial charge in [-0.25, -0.2) is 4.98 Å². The number of halogens is 2. The SMILES string of the molecule is C[C@@H](NCc1cn2cc(Cl)ccc2n1)c1ccccc1Cl. The van der Waals surface area contributed by atoms with Gasteiger partial charge >= 0.3 is 0 Å². The van der Waals surface area contributed by atoms with E-state index in [-0.39, 0.29) is 6.04 Å². The predicted molar refractivity (Wildman–Crippen MR) is 86.9 cm³/mol. The Morgan fingerprint density at radius 2 is 1.95 bits per heavy atom. The molecule has 3 nitrogen and oxygen atoms in total. The number of rotatable bonds is 4. The zero-order chi connectivity index (χ0) is 14.8. The second kappa shape index (κ2) is 6.06. The predicted octanol–water partition coefficient (Wildman–Crippen LogP) is 4.49. The van der Waals surface area contributed by atoms with Gasteiger partial charge < -0.3 is 9.72 Å². The minimum absolute atomic E-state index is 0.159. The molecule has 0 saturated carbocycles. The fourth-order valence-electron chi connectivity index (χ4n) is 2.30. The standard InChI is InChI=1S/C16H15Cl2N3/c1-11(14-4-2-3-5-15(14)18)19-8-13-10-21-9-12(17)6-7-16(21)20-13/h2-7,9-11,19H,8H2,1H3/t11-/m1/s1. The molecule has 0 spiro atoms. The zero-order valence-electron chi connectivity index (χ0n) is 11.6. The molecule has 0 unspecified atom stereocenters. The molecule has 2 heterocycles. The third kappa shape index (κ3) is 3.21. The van der Waals surface area contributed by atoms with E-state index in [0.29, 0.717) is 11.6 Å². The van der Waals surface area contributed by atoms with Crippen LogP contribution in [-0.2, 0) is 6.54 Å². The lowest BCUT2D eigenvalue weighted by Crippen LogP contribution is -2.18. The highest BCUT2D eigenvalue weighted by molar-refractivity contribution is 6.31. The summed E-state index contributed by atoms with van der Waals surface area (Å²) in [6.45, 7) is 2.76. The third-order valence-electron chi connectivity index (χ3n) is 3.43. The summed E-state index contributed by atoms with van der Waals surface area (Å²) < 4.78 is 1.93. The van der Waals surface area contributed by atoms with Gasteiger partial charge in [0.15, 0.2) is 0 Å². The van der Waals surface area contributed by atoms with Crippen LogP contribution in [0.3, 0.4) is 0 Å². The highest BCUT2D eigenvalue weighted by Crippen LogP contribution is 2.22. The molecule has 2 aromatic heterocycles. The molecule has 1 atom stereocenters. The van der Waals surface area contributed by atoms with E-state index in [4.69, 9.17) is 23.2 Å². The van der Waals surface area contributed by atoms with E-state index >= 15 is 0 Å². The first-order valence-corrected chi connectivity index (χ1v) is 7.50. The molecule has 0 radical (unpaired) electrons. The van der Waals surface area contributed by atoms with Crippen molar-refractivity contribution in [3.05, 3.63) is 70.1 Å². The van der Waals surface area contributed by atoms with Crippen LogP contribution in [0, 0.1) is 0 Å². The number of fused-ring (bicyclic) bond motifs is 1. The third-order valence-corrected chi connectivity index (χ3v) is 3.99. The van der Waals surface area contributed by atoms with Crippen molar-refractivity contribution in [2.24, 2.45) is 0 Å². The molecule has 0 amide bonds. The van der Waals surface area contributed by atoms with Gasteiger partial charge in [0.05, 0.1) is 10.7 Å². The van der Waals surface area contributed by atoms with Crippen LogP contribution in [0.15, 0.2) is 48.8 Å². The maximum absolute atomic E-state index is 6.21. The van der Waals surface area contributed by atoms with E-state index in [1.54, 1.807) is 0 Å². The summed E-state index contributed by atoms with van der Waals surface area (Å²) >= 11 is 12.2. The maximum Gasteiger partial charge on any atom is 0.137 e. The van der Waals surface area contributed by atoms with Crippen molar-refractivity contribution in [3.8, 4) is 0 Å². The lowest BCUT2D eigenvalue weighted by Gasteiger charge is -2.14. The maximum atomic E-state index is 6.21. The molecule has 0 aliphatic heterocycles. The zero-order valence-corrected chi connectivity index (χ0v) is 13.1. The Bertz CT molecular complexity index is 767. The normalized spacial score (nSPS) is 12.7. The molecule has 1 aromatic carbocycles. The Morgan fingerprint density at radius 1 is 1.14 bits per heavy atom. The van der Waals surface area contributed by atoms with Crippen molar-refractivity contribution in [2.75, 3.05) is 0 Å². The van der Waals surface area contributed by atoms with E-state index in [0.717, 1.165) is 21.9 Å². The lowest BCUT2D eigenvalue weighted by atomic mass is 10.1. The monoisotopic (exact) mass is 319 g/mol. The molecule has 0 aliphatic rings. The van der Waals surface area contributed by atoms with E-state index in [9.17, 15) is 0 Å². The van der Waals surface area contributed by atoms with Crippen LogP contribution in [0.2, 0.25) is 10.0 Å². The summed E-state index contributed by atoms with van der Waals surface area (Å²) in [5.41, 5.74) is 2.95. The van der Waals surface area contributed by atoms with E-state index < -0.39 is 0 Å². The first kappa shape index (κ1) is 14.4. The number of imidazole rings is 1. The minimum Gasteiger partial charge on any atom is -0.305 e. The summed E-state index contributed by atoms with van der Waals surface area (Å²) in [5, 5.41) is 4.91. The first-order valence-electron chi connectivity index (χ1n) is 6.74. The van der Waals surface area contributed by atoms with Gasteiger partial charge in [0, 0.05) is 30.0 Å². The Labute approximate surface area is 133 Å². The first-order chi connectivity index (χ1) is 10.1. The van der Waals surface area contributed by atoms with Gasteiger partial charge in [-0.15, -0.1) is 0 Å². The highest BCUT2D eigenvalue weighted by atomic mass is 35.5. The van der Waals surface area contributed by atoms with Gasteiger partial charge in [-0.2, -0.15) is 0 Å². The highest BCUT2D eigenvalue weighted by Gasteiger charge is 2.09. The topological polar surface area (TPSA) is 29.3 Å². The van der Waals surface area contributed by atoms with E-state index in [2.05, 4.69) is 17.2 Å². The summed E-state index contributed by atoms with van der Waals surface area (Å²) in [5.74, 6) is 0. The Hall–Kier alpha value is -1.55. The van der Waals surface area contributed by atoms with Crippen molar-refractivity contribution in [2.45, 2.75) is 19.5 Å². The number of pyridine rings is 1. The quantitative estimate of drug-likeness (QED) is 0.767. The fourth-order valence-corrected chi connectivity index (χ4v) is 2.76.